The lowest BCUT2D eigenvalue weighted by Gasteiger charge is -2.47. The maximum absolute atomic E-state index is 14.2. The van der Waals surface area contributed by atoms with Gasteiger partial charge in [0.05, 0.1) is 16.8 Å². The van der Waals surface area contributed by atoms with Crippen LogP contribution in [-0.4, -0.2) is 44.1 Å². The van der Waals surface area contributed by atoms with Crippen molar-refractivity contribution in [1.82, 2.24) is 19.8 Å². The molecule has 3 heterocycles. The fourth-order valence-electron chi connectivity index (χ4n) is 3.71. The first kappa shape index (κ1) is 16.9. The number of hydrogen-bond donors (Lipinski definition) is 0. The second-order valence-electron chi connectivity index (χ2n) is 7.94. The molecule has 4 rings (SSSR count). The molecule has 0 radical (unpaired) electrons. The molecule has 1 aromatic carbocycles. The quantitative estimate of drug-likeness (QED) is 0.706. The minimum atomic E-state index is -0.345. The Hall–Kier alpha value is -2.54. The maximum atomic E-state index is 14.2. The monoisotopic (exact) mass is 355 g/mol. The maximum Gasteiger partial charge on any atom is 0.188 e. The van der Waals surface area contributed by atoms with Crippen LogP contribution >= 0.6 is 0 Å². The molecule has 1 saturated heterocycles. The summed E-state index contributed by atoms with van der Waals surface area (Å²) >= 11 is 0. The van der Waals surface area contributed by atoms with E-state index < -0.39 is 0 Å². The first-order valence-electron chi connectivity index (χ1n) is 8.67. The van der Waals surface area contributed by atoms with Crippen molar-refractivity contribution in [2.75, 3.05) is 18.0 Å². The molecule has 0 amide bonds. The fraction of sp³-hybridized carbons (Fsp3) is 0.421. The van der Waals surface area contributed by atoms with E-state index in [4.69, 9.17) is 9.84 Å². The molecule has 3 aromatic rings. The normalized spacial score (nSPS) is 19.0. The zero-order valence-electron chi connectivity index (χ0n) is 15.4. The highest BCUT2D eigenvalue weighted by molar-refractivity contribution is 5.60. The van der Waals surface area contributed by atoms with Crippen LogP contribution in [0.2, 0.25) is 0 Å². The van der Waals surface area contributed by atoms with Crippen molar-refractivity contribution >= 4 is 11.5 Å². The van der Waals surface area contributed by atoms with Crippen molar-refractivity contribution in [3.05, 3.63) is 42.2 Å². The molecular weight excluding hydrogens is 333 g/mol. The summed E-state index contributed by atoms with van der Waals surface area (Å²) in [6.45, 7) is 9.72. The van der Waals surface area contributed by atoms with E-state index in [-0.39, 0.29) is 17.0 Å². The number of ether oxygens (including phenoxy) is 1. The van der Waals surface area contributed by atoms with Gasteiger partial charge in [-0.15, -0.1) is 15.3 Å². The van der Waals surface area contributed by atoms with Crippen LogP contribution in [0, 0.1) is 5.82 Å². The highest BCUT2D eigenvalue weighted by Crippen LogP contribution is 2.31. The first-order chi connectivity index (χ1) is 12.2. The van der Waals surface area contributed by atoms with Crippen molar-refractivity contribution in [3.8, 4) is 11.4 Å². The molecule has 0 bridgehead atoms. The molecular formula is C19H22FN5O. The molecule has 0 saturated carbocycles. The molecule has 1 fully saturated rings. The first-order valence-corrected chi connectivity index (χ1v) is 8.67. The molecule has 7 heteroatoms. The molecule has 26 heavy (non-hydrogen) atoms. The third-order valence-electron chi connectivity index (χ3n) is 4.38. The van der Waals surface area contributed by atoms with E-state index in [1.54, 1.807) is 22.7 Å². The molecule has 1 aliphatic rings. The number of benzene rings is 1. The predicted octanol–water partition coefficient (Wildman–Crippen LogP) is 3.32. The van der Waals surface area contributed by atoms with Gasteiger partial charge in [-0.25, -0.2) is 4.39 Å². The molecule has 0 N–H and O–H groups in total. The van der Waals surface area contributed by atoms with Crippen LogP contribution in [0.3, 0.4) is 0 Å². The fourth-order valence-corrected chi connectivity index (χ4v) is 3.71. The van der Waals surface area contributed by atoms with Gasteiger partial charge < -0.3 is 9.64 Å². The molecule has 2 aromatic heterocycles. The van der Waals surface area contributed by atoms with Crippen LogP contribution in [-0.2, 0) is 4.74 Å². The standard InChI is InChI=1S/C19H22FN5O/c1-18(2)11-24(12-19(3,4)26-18)16-10-9-15-21-22-17(25(15)23-16)13-7-5-6-8-14(13)20/h5-10H,11-12H2,1-4H3. The third kappa shape index (κ3) is 3.03. The molecule has 0 atom stereocenters. The van der Waals surface area contributed by atoms with Crippen molar-refractivity contribution in [3.63, 3.8) is 0 Å². The minimum Gasteiger partial charge on any atom is -0.366 e. The lowest BCUT2D eigenvalue weighted by molar-refractivity contribution is -0.133. The van der Waals surface area contributed by atoms with Crippen LogP contribution in [0.5, 0.6) is 0 Å². The lowest BCUT2D eigenvalue weighted by atomic mass is 9.99. The van der Waals surface area contributed by atoms with Crippen LogP contribution in [0.15, 0.2) is 36.4 Å². The summed E-state index contributed by atoms with van der Waals surface area (Å²) in [5, 5.41) is 13.0. The summed E-state index contributed by atoms with van der Waals surface area (Å²) in [4.78, 5) is 2.19. The van der Waals surface area contributed by atoms with E-state index in [1.165, 1.54) is 6.07 Å². The Labute approximate surface area is 151 Å². The van der Waals surface area contributed by atoms with Crippen LogP contribution < -0.4 is 4.90 Å². The molecule has 0 aliphatic carbocycles. The highest BCUT2D eigenvalue weighted by atomic mass is 19.1. The van der Waals surface area contributed by atoms with E-state index in [1.807, 2.05) is 12.1 Å². The van der Waals surface area contributed by atoms with Gasteiger partial charge in [0.25, 0.3) is 0 Å². The van der Waals surface area contributed by atoms with Crippen molar-refractivity contribution in [2.24, 2.45) is 0 Å². The van der Waals surface area contributed by atoms with E-state index in [0.717, 1.165) is 5.82 Å². The average molecular weight is 355 g/mol. The number of anilines is 1. The Morgan fingerprint density at radius 3 is 2.35 bits per heavy atom. The number of rotatable bonds is 2. The van der Waals surface area contributed by atoms with Crippen molar-refractivity contribution in [2.45, 2.75) is 38.9 Å². The average Bonchev–Trinajstić information content (AvgIpc) is 2.95. The molecule has 0 unspecified atom stereocenters. The van der Waals surface area contributed by atoms with Crippen LogP contribution in [0.1, 0.15) is 27.7 Å². The van der Waals surface area contributed by atoms with Gasteiger partial charge in [-0.2, -0.15) is 4.52 Å². The van der Waals surface area contributed by atoms with E-state index in [2.05, 4.69) is 42.8 Å². The molecule has 136 valence electrons. The predicted molar refractivity (Wildman–Crippen MR) is 97.6 cm³/mol. The summed E-state index contributed by atoms with van der Waals surface area (Å²) in [5.74, 6) is 0.841. The number of fused-ring (bicyclic) bond motifs is 1. The SMILES string of the molecule is CC1(C)CN(c2ccc3nnc(-c4ccccc4F)n3n2)CC(C)(C)O1. The Morgan fingerprint density at radius 1 is 0.962 bits per heavy atom. The number of morpholine rings is 1. The summed E-state index contributed by atoms with van der Waals surface area (Å²) in [6, 6.07) is 10.3. The Bertz CT molecular complexity index is 949. The second kappa shape index (κ2) is 5.74. The lowest BCUT2D eigenvalue weighted by Crippen LogP contribution is -2.57. The van der Waals surface area contributed by atoms with Gasteiger partial charge in [0.15, 0.2) is 11.5 Å². The van der Waals surface area contributed by atoms with Gasteiger partial charge in [0, 0.05) is 13.1 Å². The smallest absolute Gasteiger partial charge is 0.188 e. The summed E-state index contributed by atoms with van der Waals surface area (Å²) in [7, 11) is 0. The zero-order valence-corrected chi connectivity index (χ0v) is 15.4. The van der Waals surface area contributed by atoms with E-state index >= 15 is 0 Å². The van der Waals surface area contributed by atoms with E-state index in [0.29, 0.717) is 30.1 Å². The highest BCUT2D eigenvalue weighted by Gasteiger charge is 2.38. The Morgan fingerprint density at radius 2 is 1.65 bits per heavy atom. The Kier molecular flexibility index (Phi) is 3.73. The third-order valence-corrected chi connectivity index (χ3v) is 4.38. The summed E-state index contributed by atoms with van der Waals surface area (Å²) in [5.41, 5.74) is 0.381. The minimum absolute atomic E-state index is 0.292. The summed E-state index contributed by atoms with van der Waals surface area (Å²) in [6.07, 6.45) is 0. The largest absolute Gasteiger partial charge is 0.366 e. The van der Waals surface area contributed by atoms with Gasteiger partial charge in [-0.05, 0) is 52.0 Å². The summed E-state index contributed by atoms with van der Waals surface area (Å²) < 4.78 is 21.9. The number of nitrogens with zero attached hydrogens (tertiary/aromatic N) is 5. The topological polar surface area (TPSA) is 55.6 Å². The number of hydrogen-bond acceptors (Lipinski definition) is 5. The van der Waals surface area contributed by atoms with Gasteiger partial charge in [-0.3, -0.25) is 0 Å². The van der Waals surface area contributed by atoms with Crippen LogP contribution in [0.4, 0.5) is 10.2 Å². The van der Waals surface area contributed by atoms with Gasteiger partial charge in [0.1, 0.15) is 11.6 Å². The van der Waals surface area contributed by atoms with Crippen molar-refractivity contribution in [1.29, 1.82) is 0 Å². The van der Waals surface area contributed by atoms with Gasteiger partial charge in [-0.1, -0.05) is 12.1 Å². The molecule has 1 aliphatic heterocycles. The van der Waals surface area contributed by atoms with E-state index in [9.17, 15) is 4.39 Å². The van der Waals surface area contributed by atoms with Crippen LogP contribution in [0.25, 0.3) is 17.0 Å². The van der Waals surface area contributed by atoms with Gasteiger partial charge >= 0.3 is 0 Å². The molecule has 0 spiro atoms. The molecule has 6 nitrogen and oxygen atoms in total. The number of halogens is 1. The van der Waals surface area contributed by atoms with Gasteiger partial charge in [0.2, 0.25) is 0 Å². The zero-order chi connectivity index (χ0) is 18.5. The Balaban J connectivity index is 1.79. The number of aromatic nitrogens is 4. The van der Waals surface area contributed by atoms with Crippen molar-refractivity contribution < 1.29 is 9.13 Å². The second-order valence-corrected chi connectivity index (χ2v) is 7.94.